The van der Waals surface area contributed by atoms with E-state index in [0.29, 0.717) is 0 Å². The van der Waals surface area contributed by atoms with Gasteiger partial charge in [-0.3, -0.25) is 0 Å². The van der Waals surface area contributed by atoms with Crippen LogP contribution in [0.4, 0.5) is 0 Å². The van der Waals surface area contributed by atoms with Crippen LogP contribution in [0.5, 0.6) is 0 Å². The van der Waals surface area contributed by atoms with E-state index in [4.69, 9.17) is 15.6 Å². The van der Waals surface area contributed by atoms with E-state index in [1.54, 1.807) is 0 Å². The summed E-state index contributed by atoms with van der Waals surface area (Å²) in [5.41, 5.74) is 7.63. The Morgan fingerprint density at radius 2 is 2.15 bits per heavy atom. The van der Waals surface area contributed by atoms with Crippen LogP contribution in [-0.2, 0) is 14.3 Å². The Hall–Kier alpha value is 0.632. The number of ether oxygens (including phenoxy) is 2. The fraction of sp³-hybridized carbons (Fsp3) is 0.900. The molecule has 1 rings (SSSR count). The molecular weight excluding hydrogens is 489 g/mol. The molecule has 0 bridgehead atoms. The fourth-order valence-corrected chi connectivity index (χ4v) is 1.92. The van der Waals surface area contributed by atoms with Crippen molar-refractivity contribution in [1.82, 2.24) is 0 Å². The van der Waals surface area contributed by atoms with Gasteiger partial charge in [-0.25, -0.2) is 0 Å². The van der Waals surface area contributed by atoms with Gasteiger partial charge in [0.15, 0.2) is 0 Å². The van der Waals surface area contributed by atoms with Gasteiger partial charge in [0.2, 0.25) is 5.79 Å². The van der Waals surface area contributed by atoms with E-state index < -0.39 is 55.2 Å². The Morgan fingerprint density at radius 1 is 1.60 bits per heavy atom. The van der Waals surface area contributed by atoms with Gasteiger partial charge in [0.05, 0.1) is 12.7 Å². The topological polar surface area (TPSA) is 163 Å². The van der Waals surface area contributed by atoms with Crippen LogP contribution in [0.15, 0.2) is 0 Å². The Morgan fingerprint density at radius 3 is 2.55 bits per heavy atom. The number of nitrogens with one attached hydrogen (secondary N) is 1. The second kappa shape index (κ2) is 8.31. The first-order valence-electron chi connectivity index (χ1n) is 5.59. The average Bonchev–Trinajstić information content (AvgIpc) is 2.39. The van der Waals surface area contributed by atoms with Crippen molar-refractivity contribution in [2.45, 2.75) is 42.7 Å². The molecule has 5 N–H and O–H groups in total. The maximum absolute atomic E-state index is 11.0. The van der Waals surface area contributed by atoms with E-state index >= 15 is 0 Å². The number of aliphatic hydroxyl groups excluding tert-OH is 4. The summed E-state index contributed by atoms with van der Waals surface area (Å²) in [4.78, 5) is 11.0. The zero-order valence-electron chi connectivity index (χ0n) is 10.8. The molecule has 1 radical (unpaired) electrons. The van der Waals surface area contributed by atoms with Crippen LogP contribution < -0.4 is 5.11 Å². The molecule has 115 valence electrons. The van der Waals surface area contributed by atoms with Crippen LogP contribution in [0, 0.1) is 44.1 Å². The van der Waals surface area contributed by atoms with Gasteiger partial charge in [-0.1, -0.05) is 6.04 Å². The van der Waals surface area contributed by atoms with E-state index in [1.807, 2.05) is 0 Å². The van der Waals surface area contributed by atoms with E-state index in [-0.39, 0.29) is 44.1 Å². The molecular formula is C10H17AcNO8-2. The average molecular weight is 506 g/mol. The summed E-state index contributed by atoms with van der Waals surface area (Å²) < 4.78 is 9.67. The minimum Gasteiger partial charge on any atom is -0.670 e. The smallest absolute Gasteiger partial charge is 0.212 e. The number of carbonyl (C=O) groups is 1. The molecule has 1 aliphatic rings. The van der Waals surface area contributed by atoms with Gasteiger partial charge in [0, 0.05) is 63.7 Å². The maximum Gasteiger partial charge on any atom is 0.212 e. The van der Waals surface area contributed by atoms with Crippen molar-refractivity contribution < 1.29 is 83.9 Å². The largest absolute Gasteiger partial charge is 0.670 e. The van der Waals surface area contributed by atoms with Crippen molar-refractivity contribution in [2.24, 2.45) is 0 Å². The van der Waals surface area contributed by atoms with E-state index in [2.05, 4.69) is 4.74 Å². The quantitative estimate of drug-likeness (QED) is 0.297. The number of rotatable bonds is 5. The summed E-state index contributed by atoms with van der Waals surface area (Å²) >= 11 is 0. The van der Waals surface area contributed by atoms with Gasteiger partial charge in [-0.2, -0.15) is 0 Å². The molecule has 1 heterocycles. The standard InChI is InChI=1S/C10H18NO8.Ac/c1-18-10(9(16)17)2-4(13)6(11)8(19-10)7(15)5(14)3-12;/h4-8,11-15H,2-3H2,1H3,(H,16,17);/q-1;/p-1/t4?,5?,6-,7?,8?,10?;/m1./s1. The van der Waals surface area contributed by atoms with Gasteiger partial charge >= 0.3 is 0 Å². The number of carboxylic acids is 1. The molecule has 0 aromatic rings. The molecule has 0 saturated carbocycles. The SMILES string of the molecule is COC1(C(=O)[O-])CC(O)[C@@H]([NH-])C(C(O)C(O)CO)O1.[Ac]. The van der Waals surface area contributed by atoms with Crippen molar-refractivity contribution in [3.8, 4) is 0 Å². The molecule has 0 aromatic carbocycles. The minimum absolute atomic E-state index is 0. The Bertz CT molecular complexity index is 332. The van der Waals surface area contributed by atoms with Crippen LogP contribution >= 0.6 is 0 Å². The molecule has 0 aliphatic carbocycles. The van der Waals surface area contributed by atoms with Gasteiger partial charge in [-0.05, 0) is 0 Å². The maximum atomic E-state index is 11.0. The van der Waals surface area contributed by atoms with Gasteiger partial charge in [-0.15, -0.1) is 0 Å². The van der Waals surface area contributed by atoms with Crippen LogP contribution in [0.3, 0.4) is 0 Å². The predicted octanol–water partition coefficient (Wildman–Crippen LogP) is -3.64. The molecule has 1 aliphatic heterocycles. The molecule has 1 fully saturated rings. The molecule has 6 atom stereocenters. The third-order valence-electron chi connectivity index (χ3n) is 3.13. The summed E-state index contributed by atoms with van der Waals surface area (Å²) in [6, 6.07) is -1.40. The molecule has 1 saturated heterocycles. The van der Waals surface area contributed by atoms with E-state index in [9.17, 15) is 25.2 Å². The summed E-state index contributed by atoms with van der Waals surface area (Å²) in [6.07, 6.45) is -6.95. The second-order valence-corrected chi connectivity index (χ2v) is 4.36. The number of hydrogen-bond donors (Lipinski definition) is 4. The Kier molecular flexibility index (Phi) is 8.58. The van der Waals surface area contributed by atoms with Crippen LogP contribution in [0.25, 0.3) is 5.73 Å². The van der Waals surface area contributed by atoms with Crippen molar-refractivity contribution in [3.63, 3.8) is 0 Å². The third kappa shape index (κ3) is 4.09. The number of aliphatic hydroxyl groups is 4. The van der Waals surface area contributed by atoms with Crippen LogP contribution in [0.1, 0.15) is 6.42 Å². The van der Waals surface area contributed by atoms with Crippen molar-refractivity contribution in [3.05, 3.63) is 5.73 Å². The molecule has 20 heavy (non-hydrogen) atoms. The summed E-state index contributed by atoms with van der Waals surface area (Å²) in [7, 11) is 1.01. The van der Waals surface area contributed by atoms with Crippen LogP contribution in [-0.4, -0.2) is 76.4 Å². The molecule has 5 unspecified atom stereocenters. The summed E-state index contributed by atoms with van der Waals surface area (Å²) in [5.74, 6) is -4.07. The van der Waals surface area contributed by atoms with Crippen molar-refractivity contribution in [1.29, 1.82) is 0 Å². The number of hydrogen-bond acceptors (Lipinski definition) is 8. The van der Waals surface area contributed by atoms with Crippen molar-refractivity contribution >= 4 is 5.97 Å². The monoisotopic (exact) mass is 506 g/mol. The summed E-state index contributed by atoms with van der Waals surface area (Å²) in [6.45, 7) is -0.810. The van der Waals surface area contributed by atoms with Crippen LogP contribution in [0.2, 0.25) is 0 Å². The number of carboxylic acid groups (broad SMARTS) is 1. The molecule has 0 aromatic heterocycles. The fourth-order valence-electron chi connectivity index (χ4n) is 1.92. The van der Waals surface area contributed by atoms with Crippen molar-refractivity contribution in [2.75, 3.05) is 13.7 Å². The minimum atomic E-state index is -2.31. The first kappa shape index (κ1) is 20.6. The van der Waals surface area contributed by atoms with E-state index in [0.717, 1.165) is 7.11 Å². The number of methoxy groups -OCH3 is 1. The van der Waals surface area contributed by atoms with Gasteiger partial charge < -0.3 is 45.5 Å². The zero-order chi connectivity index (χ0) is 14.8. The first-order chi connectivity index (χ1) is 8.79. The third-order valence-corrected chi connectivity index (χ3v) is 3.13. The Balaban J connectivity index is 0.00000361. The second-order valence-electron chi connectivity index (χ2n) is 4.36. The van der Waals surface area contributed by atoms with Gasteiger partial charge in [0.25, 0.3) is 0 Å². The number of aliphatic carboxylic acids is 1. The normalized spacial score (nSPS) is 36.8. The molecule has 10 heteroatoms. The molecule has 0 spiro atoms. The predicted molar refractivity (Wildman–Crippen MR) is 57.5 cm³/mol. The molecule has 0 amide bonds. The van der Waals surface area contributed by atoms with Gasteiger partial charge in [0.1, 0.15) is 18.2 Å². The zero-order valence-corrected chi connectivity index (χ0v) is 15.5. The van der Waals surface area contributed by atoms with E-state index in [1.165, 1.54) is 0 Å². The Labute approximate surface area is 151 Å². The first-order valence-corrected chi connectivity index (χ1v) is 5.59. The summed E-state index contributed by atoms with van der Waals surface area (Å²) in [5, 5.41) is 48.5. The number of carbonyl (C=O) groups excluding carboxylic acids is 1. The molecule has 9 nitrogen and oxygen atoms in total.